The molecule has 0 N–H and O–H groups in total. The minimum Gasteiger partial charge on any atom is -0.464 e. The SMILES string of the molecule is CC(=O)OCCN(C)c1ccc(/C=C2\N=C(c3ccccc3)OC2=O)cc1. The molecule has 0 saturated carbocycles. The van der Waals surface area contributed by atoms with Crippen LogP contribution in [-0.2, 0) is 19.1 Å². The quantitative estimate of drug-likeness (QED) is 0.582. The highest BCUT2D eigenvalue weighted by atomic mass is 16.6. The molecule has 0 spiro atoms. The third kappa shape index (κ3) is 4.82. The highest BCUT2D eigenvalue weighted by molar-refractivity contribution is 6.12. The zero-order chi connectivity index (χ0) is 19.2. The second-order valence-corrected chi connectivity index (χ2v) is 6.06. The van der Waals surface area contributed by atoms with Crippen LogP contribution in [0.4, 0.5) is 5.69 Å². The maximum absolute atomic E-state index is 12.1. The van der Waals surface area contributed by atoms with Gasteiger partial charge in [0.1, 0.15) is 6.61 Å². The summed E-state index contributed by atoms with van der Waals surface area (Å²) < 4.78 is 10.2. The first-order valence-electron chi connectivity index (χ1n) is 8.55. The third-order valence-corrected chi connectivity index (χ3v) is 4.01. The van der Waals surface area contributed by atoms with E-state index in [1.807, 2.05) is 66.5 Å². The molecule has 0 unspecified atom stereocenters. The molecule has 1 aliphatic rings. The number of rotatable bonds is 6. The standard InChI is InChI=1S/C21H20N2O4/c1-15(24)26-13-12-23(2)18-10-8-16(9-11-18)14-19-21(25)27-20(22-19)17-6-4-3-5-7-17/h3-11,14H,12-13H2,1-2H3/b19-14-. The summed E-state index contributed by atoms with van der Waals surface area (Å²) >= 11 is 0. The molecule has 1 aliphatic heterocycles. The van der Waals surface area contributed by atoms with E-state index in [0.29, 0.717) is 19.0 Å². The van der Waals surface area contributed by atoms with Crippen LogP contribution in [0.25, 0.3) is 6.08 Å². The van der Waals surface area contributed by atoms with Crippen molar-refractivity contribution >= 4 is 29.6 Å². The fourth-order valence-electron chi connectivity index (χ4n) is 2.55. The summed E-state index contributed by atoms with van der Waals surface area (Å²) in [5.41, 5.74) is 2.85. The molecule has 0 radical (unpaired) electrons. The zero-order valence-corrected chi connectivity index (χ0v) is 15.2. The Kier molecular flexibility index (Phi) is 5.66. The van der Waals surface area contributed by atoms with Crippen molar-refractivity contribution in [1.29, 1.82) is 0 Å². The van der Waals surface area contributed by atoms with E-state index in [4.69, 9.17) is 9.47 Å². The Bertz CT molecular complexity index is 886. The lowest BCUT2D eigenvalue weighted by atomic mass is 10.1. The summed E-state index contributed by atoms with van der Waals surface area (Å²) in [5, 5.41) is 0. The molecule has 0 atom stereocenters. The maximum Gasteiger partial charge on any atom is 0.363 e. The van der Waals surface area contributed by atoms with Gasteiger partial charge in [-0.25, -0.2) is 9.79 Å². The van der Waals surface area contributed by atoms with Gasteiger partial charge in [-0.05, 0) is 35.9 Å². The Morgan fingerprint density at radius 3 is 2.52 bits per heavy atom. The van der Waals surface area contributed by atoms with E-state index in [9.17, 15) is 9.59 Å². The summed E-state index contributed by atoms with van der Waals surface area (Å²) in [6.45, 7) is 2.32. The average molecular weight is 364 g/mol. The monoisotopic (exact) mass is 364 g/mol. The van der Waals surface area contributed by atoms with Gasteiger partial charge in [0, 0.05) is 25.2 Å². The molecule has 1 heterocycles. The van der Waals surface area contributed by atoms with Crippen LogP contribution in [0.5, 0.6) is 0 Å². The predicted molar refractivity (Wildman–Crippen MR) is 103 cm³/mol. The van der Waals surface area contributed by atoms with Gasteiger partial charge in [-0.3, -0.25) is 4.79 Å². The highest BCUT2D eigenvalue weighted by Gasteiger charge is 2.23. The largest absolute Gasteiger partial charge is 0.464 e. The number of cyclic esters (lactones) is 1. The van der Waals surface area contributed by atoms with Gasteiger partial charge in [-0.15, -0.1) is 0 Å². The van der Waals surface area contributed by atoms with Crippen molar-refractivity contribution in [3.63, 3.8) is 0 Å². The Balaban J connectivity index is 1.69. The summed E-state index contributed by atoms with van der Waals surface area (Å²) in [5.74, 6) is -0.436. The van der Waals surface area contributed by atoms with E-state index < -0.39 is 5.97 Å². The fraction of sp³-hybridized carbons (Fsp3) is 0.190. The smallest absolute Gasteiger partial charge is 0.363 e. The average Bonchev–Trinajstić information content (AvgIpc) is 3.03. The highest BCUT2D eigenvalue weighted by Crippen LogP contribution is 2.20. The summed E-state index contributed by atoms with van der Waals surface area (Å²) in [6, 6.07) is 17.0. The molecule has 0 saturated heterocycles. The first-order valence-corrected chi connectivity index (χ1v) is 8.55. The molecule has 2 aromatic carbocycles. The summed E-state index contributed by atoms with van der Waals surface area (Å²) in [4.78, 5) is 29.1. The van der Waals surface area contributed by atoms with E-state index in [-0.39, 0.29) is 11.7 Å². The van der Waals surface area contributed by atoms with E-state index in [2.05, 4.69) is 4.99 Å². The van der Waals surface area contributed by atoms with Crippen molar-refractivity contribution in [3.05, 3.63) is 71.4 Å². The van der Waals surface area contributed by atoms with Crippen LogP contribution >= 0.6 is 0 Å². The van der Waals surface area contributed by atoms with Crippen molar-refractivity contribution < 1.29 is 19.1 Å². The number of benzene rings is 2. The number of ether oxygens (including phenoxy) is 2. The van der Waals surface area contributed by atoms with Crippen molar-refractivity contribution in [2.45, 2.75) is 6.92 Å². The molecular weight excluding hydrogens is 344 g/mol. The van der Waals surface area contributed by atoms with Crippen molar-refractivity contribution in [1.82, 2.24) is 0 Å². The first-order chi connectivity index (χ1) is 13.0. The number of nitrogens with zero attached hydrogens (tertiary/aromatic N) is 2. The molecule has 0 fully saturated rings. The van der Waals surface area contributed by atoms with Crippen LogP contribution in [0.15, 0.2) is 65.3 Å². The van der Waals surface area contributed by atoms with Gasteiger partial charge in [0.15, 0.2) is 5.70 Å². The van der Waals surface area contributed by atoms with E-state index in [1.165, 1.54) is 6.92 Å². The van der Waals surface area contributed by atoms with Crippen molar-refractivity contribution in [2.24, 2.45) is 4.99 Å². The van der Waals surface area contributed by atoms with Crippen LogP contribution in [0.3, 0.4) is 0 Å². The molecule has 6 heteroatoms. The van der Waals surface area contributed by atoms with Gasteiger partial charge >= 0.3 is 11.9 Å². The maximum atomic E-state index is 12.1. The second-order valence-electron chi connectivity index (χ2n) is 6.06. The number of hydrogen-bond acceptors (Lipinski definition) is 6. The van der Waals surface area contributed by atoms with Crippen LogP contribution in [0.1, 0.15) is 18.1 Å². The molecule has 0 aromatic heterocycles. The lowest BCUT2D eigenvalue weighted by Gasteiger charge is -2.19. The lowest BCUT2D eigenvalue weighted by molar-refractivity contribution is -0.140. The van der Waals surface area contributed by atoms with Gasteiger partial charge in [-0.2, -0.15) is 0 Å². The van der Waals surface area contributed by atoms with Gasteiger partial charge in [0.2, 0.25) is 5.90 Å². The first kappa shape index (κ1) is 18.4. The zero-order valence-electron chi connectivity index (χ0n) is 15.2. The summed E-state index contributed by atoms with van der Waals surface area (Å²) in [6.07, 6.45) is 1.70. The van der Waals surface area contributed by atoms with Crippen LogP contribution in [0, 0.1) is 0 Å². The molecule has 6 nitrogen and oxygen atoms in total. The van der Waals surface area contributed by atoms with Gasteiger partial charge in [0.25, 0.3) is 0 Å². The van der Waals surface area contributed by atoms with E-state index >= 15 is 0 Å². The van der Waals surface area contributed by atoms with Crippen LogP contribution in [-0.4, -0.2) is 38.0 Å². The minimum atomic E-state index is -0.462. The van der Waals surface area contributed by atoms with Gasteiger partial charge in [-0.1, -0.05) is 30.3 Å². The van der Waals surface area contributed by atoms with Crippen molar-refractivity contribution in [3.8, 4) is 0 Å². The molecular formula is C21H20N2O4. The van der Waals surface area contributed by atoms with Crippen molar-refractivity contribution in [2.75, 3.05) is 25.1 Å². The van der Waals surface area contributed by atoms with E-state index in [0.717, 1.165) is 16.8 Å². The summed E-state index contributed by atoms with van der Waals surface area (Å²) in [7, 11) is 1.92. The Labute approximate surface area is 157 Å². The predicted octanol–water partition coefficient (Wildman–Crippen LogP) is 3.03. The van der Waals surface area contributed by atoms with Crippen LogP contribution < -0.4 is 4.90 Å². The molecule has 0 aliphatic carbocycles. The minimum absolute atomic E-state index is 0.268. The number of carbonyl (C=O) groups excluding carboxylic acids is 2. The fourth-order valence-corrected chi connectivity index (χ4v) is 2.55. The number of likely N-dealkylation sites (N-methyl/N-ethyl adjacent to an activating group) is 1. The third-order valence-electron chi connectivity index (χ3n) is 4.01. The number of hydrogen-bond donors (Lipinski definition) is 0. The Hall–Kier alpha value is -3.41. The molecule has 0 bridgehead atoms. The Morgan fingerprint density at radius 2 is 1.85 bits per heavy atom. The van der Waals surface area contributed by atoms with Crippen LogP contribution in [0.2, 0.25) is 0 Å². The lowest BCUT2D eigenvalue weighted by Crippen LogP contribution is -2.23. The normalized spacial score (nSPS) is 14.7. The topological polar surface area (TPSA) is 68.2 Å². The number of aliphatic imine (C=N–C) groups is 1. The molecule has 27 heavy (non-hydrogen) atoms. The van der Waals surface area contributed by atoms with Gasteiger partial charge < -0.3 is 14.4 Å². The number of esters is 2. The number of anilines is 1. The molecule has 0 amide bonds. The molecule has 3 rings (SSSR count). The second kappa shape index (κ2) is 8.31. The molecule has 2 aromatic rings. The molecule has 138 valence electrons. The Morgan fingerprint density at radius 1 is 1.15 bits per heavy atom. The van der Waals surface area contributed by atoms with Gasteiger partial charge in [0.05, 0.1) is 6.54 Å². The number of carbonyl (C=O) groups is 2. The van der Waals surface area contributed by atoms with E-state index in [1.54, 1.807) is 6.08 Å².